The van der Waals surface area contributed by atoms with Crippen molar-refractivity contribution >= 4 is 5.91 Å². The lowest BCUT2D eigenvalue weighted by Crippen LogP contribution is -2.35. The van der Waals surface area contributed by atoms with E-state index in [-0.39, 0.29) is 17.9 Å². The minimum atomic E-state index is -0.174. The highest BCUT2D eigenvalue weighted by molar-refractivity contribution is 5.79. The third-order valence-corrected chi connectivity index (χ3v) is 2.85. The van der Waals surface area contributed by atoms with Gasteiger partial charge in [-0.2, -0.15) is 0 Å². The fourth-order valence-electron chi connectivity index (χ4n) is 1.67. The third-order valence-electron chi connectivity index (χ3n) is 2.85. The van der Waals surface area contributed by atoms with Gasteiger partial charge in [0, 0.05) is 18.0 Å². The molecule has 1 aromatic rings. The molecule has 100 valence electrons. The Kier molecular flexibility index (Phi) is 5.65. The molecule has 0 spiro atoms. The minimum absolute atomic E-state index is 0.0312. The van der Waals surface area contributed by atoms with Crippen molar-refractivity contribution in [3.63, 3.8) is 0 Å². The molecule has 0 fully saturated rings. The zero-order valence-electron chi connectivity index (χ0n) is 11.3. The summed E-state index contributed by atoms with van der Waals surface area (Å²) in [6.07, 6.45) is 0. The predicted octanol–water partition coefficient (Wildman–Crippen LogP) is 1.86. The molecule has 3 N–H and O–H groups in total. The van der Waals surface area contributed by atoms with Gasteiger partial charge >= 0.3 is 0 Å². The van der Waals surface area contributed by atoms with Crippen molar-refractivity contribution in [2.24, 2.45) is 11.7 Å². The van der Waals surface area contributed by atoms with Crippen LogP contribution in [0.1, 0.15) is 32.4 Å². The van der Waals surface area contributed by atoms with E-state index in [1.54, 1.807) is 0 Å². The van der Waals surface area contributed by atoms with Crippen LogP contribution in [0.15, 0.2) is 24.3 Å². The number of carbonyl (C=O) groups excluding carboxylic acids is 1. The largest absolute Gasteiger partial charge is 0.494 e. The van der Waals surface area contributed by atoms with Crippen LogP contribution in [0.4, 0.5) is 0 Å². The van der Waals surface area contributed by atoms with Crippen LogP contribution in [-0.2, 0) is 4.79 Å². The second kappa shape index (κ2) is 7.01. The van der Waals surface area contributed by atoms with E-state index in [4.69, 9.17) is 10.5 Å². The van der Waals surface area contributed by atoms with Gasteiger partial charge in [-0.1, -0.05) is 25.1 Å². The first-order valence-corrected chi connectivity index (χ1v) is 6.32. The molecule has 0 aromatic heterocycles. The molecule has 2 atom stereocenters. The van der Waals surface area contributed by atoms with Crippen molar-refractivity contribution in [2.75, 3.05) is 13.2 Å². The lowest BCUT2D eigenvalue weighted by atomic mass is 10.1. The highest BCUT2D eigenvalue weighted by atomic mass is 16.5. The topological polar surface area (TPSA) is 64.3 Å². The first-order chi connectivity index (χ1) is 8.60. The number of ether oxygens (including phenoxy) is 1. The number of benzene rings is 1. The fourth-order valence-corrected chi connectivity index (χ4v) is 1.67. The Labute approximate surface area is 109 Å². The molecule has 4 heteroatoms. The van der Waals surface area contributed by atoms with Gasteiger partial charge in [0.15, 0.2) is 0 Å². The molecule has 1 aromatic carbocycles. The summed E-state index contributed by atoms with van der Waals surface area (Å²) < 4.78 is 5.55. The summed E-state index contributed by atoms with van der Waals surface area (Å²) in [6, 6.07) is 7.64. The van der Waals surface area contributed by atoms with E-state index >= 15 is 0 Å². The van der Waals surface area contributed by atoms with E-state index in [1.165, 1.54) is 0 Å². The van der Waals surface area contributed by atoms with Crippen LogP contribution in [0.3, 0.4) is 0 Å². The predicted molar refractivity (Wildman–Crippen MR) is 72.4 cm³/mol. The first-order valence-electron chi connectivity index (χ1n) is 6.32. The SMILES string of the molecule is CCOc1ccccc1C(C)NC(=O)C(C)CN. The maximum absolute atomic E-state index is 11.8. The summed E-state index contributed by atoms with van der Waals surface area (Å²) in [4.78, 5) is 11.8. The van der Waals surface area contributed by atoms with Gasteiger partial charge in [-0.05, 0) is 19.9 Å². The van der Waals surface area contributed by atoms with Crippen LogP contribution >= 0.6 is 0 Å². The second-order valence-electron chi connectivity index (χ2n) is 4.34. The molecular formula is C14H22N2O2. The van der Waals surface area contributed by atoms with E-state index in [0.717, 1.165) is 11.3 Å². The van der Waals surface area contributed by atoms with Gasteiger partial charge in [-0.25, -0.2) is 0 Å². The first kappa shape index (κ1) is 14.5. The van der Waals surface area contributed by atoms with E-state index in [2.05, 4.69) is 5.32 Å². The van der Waals surface area contributed by atoms with Crippen molar-refractivity contribution in [1.29, 1.82) is 0 Å². The Morgan fingerprint density at radius 3 is 2.67 bits per heavy atom. The van der Waals surface area contributed by atoms with E-state index in [0.29, 0.717) is 13.2 Å². The number of nitrogens with one attached hydrogen (secondary N) is 1. The number of carbonyl (C=O) groups is 1. The fraction of sp³-hybridized carbons (Fsp3) is 0.500. The van der Waals surface area contributed by atoms with Crippen molar-refractivity contribution in [3.8, 4) is 5.75 Å². The summed E-state index contributed by atoms with van der Waals surface area (Å²) in [5.41, 5.74) is 6.46. The van der Waals surface area contributed by atoms with E-state index in [9.17, 15) is 4.79 Å². The third kappa shape index (κ3) is 3.74. The molecule has 1 rings (SSSR count). The molecule has 0 heterocycles. The molecule has 4 nitrogen and oxygen atoms in total. The summed E-state index contributed by atoms with van der Waals surface area (Å²) in [5, 5.41) is 2.95. The van der Waals surface area contributed by atoms with Gasteiger partial charge in [0.2, 0.25) is 5.91 Å². The Bertz CT molecular complexity index is 393. The number of hydrogen-bond acceptors (Lipinski definition) is 3. The average Bonchev–Trinajstić information content (AvgIpc) is 2.38. The lowest BCUT2D eigenvalue weighted by Gasteiger charge is -2.19. The van der Waals surface area contributed by atoms with Crippen molar-refractivity contribution < 1.29 is 9.53 Å². The van der Waals surface area contributed by atoms with Crippen molar-refractivity contribution in [2.45, 2.75) is 26.8 Å². The van der Waals surface area contributed by atoms with Crippen LogP contribution in [-0.4, -0.2) is 19.1 Å². The van der Waals surface area contributed by atoms with Crippen LogP contribution < -0.4 is 15.8 Å². The Hall–Kier alpha value is -1.55. The summed E-state index contributed by atoms with van der Waals surface area (Å²) in [6.45, 7) is 6.66. The molecule has 1 amide bonds. The molecule has 0 saturated carbocycles. The van der Waals surface area contributed by atoms with Crippen LogP contribution in [0.5, 0.6) is 5.75 Å². The number of rotatable bonds is 6. The Morgan fingerprint density at radius 1 is 1.39 bits per heavy atom. The second-order valence-corrected chi connectivity index (χ2v) is 4.34. The van der Waals surface area contributed by atoms with Gasteiger partial charge in [-0.3, -0.25) is 4.79 Å². The Morgan fingerprint density at radius 2 is 2.06 bits per heavy atom. The summed E-state index contributed by atoms with van der Waals surface area (Å²) >= 11 is 0. The average molecular weight is 250 g/mol. The minimum Gasteiger partial charge on any atom is -0.494 e. The number of para-hydroxylation sites is 1. The van der Waals surface area contributed by atoms with Crippen LogP contribution in [0.2, 0.25) is 0 Å². The molecule has 0 saturated heterocycles. The van der Waals surface area contributed by atoms with Crippen molar-refractivity contribution in [1.82, 2.24) is 5.32 Å². The molecule has 0 aliphatic carbocycles. The molecular weight excluding hydrogens is 228 g/mol. The molecule has 0 aliphatic heterocycles. The summed E-state index contributed by atoms with van der Waals surface area (Å²) in [5.74, 6) is 0.608. The Balaban J connectivity index is 2.77. The standard InChI is InChI=1S/C14H22N2O2/c1-4-18-13-8-6-5-7-12(13)11(3)16-14(17)10(2)9-15/h5-8,10-11H,4,9,15H2,1-3H3,(H,16,17). The highest BCUT2D eigenvalue weighted by Gasteiger charge is 2.17. The van der Waals surface area contributed by atoms with Gasteiger partial charge in [0.25, 0.3) is 0 Å². The van der Waals surface area contributed by atoms with Gasteiger partial charge in [0.05, 0.1) is 12.6 Å². The smallest absolute Gasteiger partial charge is 0.224 e. The van der Waals surface area contributed by atoms with Gasteiger partial charge in [0.1, 0.15) is 5.75 Å². The van der Waals surface area contributed by atoms with Gasteiger partial charge in [-0.15, -0.1) is 0 Å². The zero-order chi connectivity index (χ0) is 13.5. The highest BCUT2D eigenvalue weighted by Crippen LogP contribution is 2.24. The summed E-state index contributed by atoms with van der Waals surface area (Å²) in [7, 11) is 0. The molecule has 0 radical (unpaired) electrons. The van der Waals surface area contributed by atoms with E-state index < -0.39 is 0 Å². The number of nitrogens with two attached hydrogens (primary N) is 1. The van der Waals surface area contributed by atoms with Crippen molar-refractivity contribution in [3.05, 3.63) is 29.8 Å². The maximum Gasteiger partial charge on any atom is 0.224 e. The molecule has 18 heavy (non-hydrogen) atoms. The van der Waals surface area contributed by atoms with Crippen LogP contribution in [0.25, 0.3) is 0 Å². The number of hydrogen-bond donors (Lipinski definition) is 2. The lowest BCUT2D eigenvalue weighted by molar-refractivity contribution is -0.124. The maximum atomic E-state index is 11.8. The molecule has 0 aliphatic rings. The van der Waals surface area contributed by atoms with E-state index in [1.807, 2.05) is 45.0 Å². The monoisotopic (exact) mass is 250 g/mol. The number of amides is 1. The molecule has 2 unspecified atom stereocenters. The van der Waals surface area contributed by atoms with Crippen LogP contribution in [0, 0.1) is 5.92 Å². The normalized spacial score (nSPS) is 13.8. The van der Waals surface area contributed by atoms with Gasteiger partial charge < -0.3 is 15.8 Å². The molecule has 0 bridgehead atoms. The quantitative estimate of drug-likeness (QED) is 0.810. The zero-order valence-corrected chi connectivity index (χ0v) is 11.3.